The number of nitrogens with zero attached hydrogens (tertiary/aromatic N) is 3. The van der Waals surface area contributed by atoms with Crippen molar-refractivity contribution >= 4 is 50.8 Å². The summed E-state index contributed by atoms with van der Waals surface area (Å²) in [5.41, 5.74) is 5.74. The summed E-state index contributed by atoms with van der Waals surface area (Å²) >= 11 is 0. The minimum atomic E-state index is 0.662. The third-order valence-electron chi connectivity index (χ3n) is 5.07. The predicted octanol–water partition coefficient (Wildman–Crippen LogP) is 5.84. The summed E-state index contributed by atoms with van der Waals surface area (Å²) in [6.07, 6.45) is 1.75. The molecule has 0 saturated heterocycles. The van der Waals surface area contributed by atoms with Gasteiger partial charge in [-0.2, -0.15) is 0 Å². The van der Waals surface area contributed by atoms with Crippen LogP contribution in [0.5, 0.6) is 0 Å². The Labute approximate surface area is 160 Å². The van der Waals surface area contributed by atoms with Gasteiger partial charge in [0.05, 0.1) is 6.07 Å². The van der Waals surface area contributed by atoms with Crippen LogP contribution in [0.15, 0.2) is 95.5 Å². The molecule has 3 aromatic carbocycles. The van der Waals surface area contributed by atoms with E-state index in [9.17, 15) is 0 Å². The van der Waals surface area contributed by atoms with Gasteiger partial charge in [-0.15, -0.1) is 0 Å². The van der Waals surface area contributed by atoms with Crippen molar-refractivity contribution in [3.63, 3.8) is 0 Å². The highest BCUT2D eigenvalue weighted by atomic mass is 16.3. The Bertz CT molecular complexity index is 1440. The fourth-order valence-electron chi connectivity index (χ4n) is 3.76. The molecule has 3 heterocycles. The predicted molar refractivity (Wildman–Crippen MR) is 112 cm³/mol. The molecule has 0 atom stereocenters. The Morgan fingerprint density at radius 3 is 2.25 bits per heavy atom. The van der Waals surface area contributed by atoms with Crippen LogP contribution < -0.4 is 9.15 Å². The van der Waals surface area contributed by atoms with Crippen LogP contribution in [0.2, 0.25) is 0 Å². The van der Waals surface area contributed by atoms with E-state index in [0.29, 0.717) is 5.71 Å². The molecule has 0 bridgehead atoms. The maximum absolute atomic E-state index is 5.97. The number of hydrogen-bond acceptors (Lipinski definition) is 2. The van der Waals surface area contributed by atoms with E-state index >= 15 is 0 Å². The number of para-hydroxylation sites is 3. The van der Waals surface area contributed by atoms with E-state index in [4.69, 9.17) is 4.42 Å². The molecule has 0 unspecified atom stereocenters. The van der Waals surface area contributed by atoms with Crippen molar-refractivity contribution in [1.82, 2.24) is 14.1 Å². The van der Waals surface area contributed by atoms with Crippen molar-refractivity contribution in [3.05, 3.63) is 91.1 Å². The lowest BCUT2D eigenvalue weighted by Gasteiger charge is -1.95. The summed E-state index contributed by atoms with van der Waals surface area (Å²) in [7, 11) is 0. The molecule has 1 aliphatic rings. The van der Waals surface area contributed by atoms with E-state index in [1.54, 1.807) is 6.20 Å². The molecule has 28 heavy (non-hydrogen) atoms. The largest absolute Gasteiger partial charge is 0.503 e. The molecule has 0 fully saturated rings. The van der Waals surface area contributed by atoms with E-state index in [-0.39, 0.29) is 0 Å². The van der Waals surface area contributed by atoms with Gasteiger partial charge in [-0.1, -0.05) is 30.3 Å². The lowest BCUT2D eigenvalue weighted by molar-refractivity contribution is 0.654. The SMILES string of the molecule is C1=[N+](c2ccccc2)c2ccccc2[N+]=1c1ccc2c(c1)oc1ncccc12. The van der Waals surface area contributed by atoms with Crippen LogP contribution in [0.3, 0.4) is 0 Å². The summed E-state index contributed by atoms with van der Waals surface area (Å²) in [4.78, 5) is 4.33. The summed E-state index contributed by atoms with van der Waals surface area (Å²) in [5.74, 6) is 0. The minimum absolute atomic E-state index is 0.662. The van der Waals surface area contributed by atoms with Gasteiger partial charge in [-0.05, 0) is 27.4 Å². The van der Waals surface area contributed by atoms with Crippen molar-refractivity contribution in [1.29, 1.82) is 0 Å². The van der Waals surface area contributed by atoms with Crippen LogP contribution in [0.1, 0.15) is 0 Å². The third kappa shape index (κ3) is 2.16. The first-order valence-corrected chi connectivity index (χ1v) is 9.16. The number of aromatic nitrogens is 1. The average molecular weight is 361 g/mol. The molecular weight excluding hydrogens is 346 g/mol. The quantitative estimate of drug-likeness (QED) is 0.363. The van der Waals surface area contributed by atoms with Gasteiger partial charge in [-0.25, -0.2) is 4.98 Å². The van der Waals surface area contributed by atoms with Crippen molar-refractivity contribution in [2.75, 3.05) is 0 Å². The smallest absolute Gasteiger partial charge is 0.437 e. The van der Waals surface area contributed by atoms with Crippen LogP contribution >= 0.6 is 0 Å². The summed E-state index contributed by atoms with van der Waals surface area (Å²) in [6.45, 7) is 0. The molecule has 130 valence electrons. The Kier molecular flexibility index (Phi) is 3.10. The highest BCUT2D eigenvalue weighted by Gasteiger charge is 2.36. The fourth-order valence-corrected chi connectivity index (χ4v) is 3.76. The molecule has 0 aliphatic carbocycles. The van der Waals surface area contributed by atoms with Crippen molar-refractivity contribution in [3.8, 4) is 0 Å². The van der Waals surface area contributed by atoms with Crippen molar-refractivity contribution in [2.45, 2.75) is 0 Å². The first kappa shape index (κ1) is 15.1. The number of fused-ring (bicyclic) bond motifs is 4. The monoisotopic (exact) mass is 361 g/mol. The van der Waals surface area contributed by atoms with E-state index in [1.807, 2.05) is 42.5 Å². The molecule has 4 nitrogen and oxygen atoms in total. The lowest BCUT2D eigenvalue weighted by atomic mass is 10.1. The highest BCUT2D eigenvalue weighted by Crippen LogP contribution is 2.37. The molecule has 0 amide bonds. The molecule has 0 N–H and O–H groups in total. The van der Waals surface area contributed by atoms with Crippen LogP contribution in [0.4, 0.5) is 22.7 Å². The molecule has 0 spiro atoms. The first-order valence-electron chi connectivity index (χ1n) is 9.16. The van der Waals surface area contributed by atoms with Crippen LogP contribution in [-0.4, -0.2) is 11.0 Å². The zero-order valence-electron chi connectivity index (χ0n) is 14.9. The molecule has 0 saturated carbocycles. The van der Waals surface area contributed by atoms with Crippen LogP contribution in [0.25, 0.3) is 22.1 Å². The van der Waals surface area contributed by atoms with Gasteiger partial charge in [0.2, 0.25) is 17.1 Å². The standard InChI is InChI=1S/C24H15N3O/c1-2-7-17(8-3-1)26-16-27(22-11-5-4-10-21(22)26)18-12-13-19-20-9-6-14-25-24(20)28-23(19)15-18/h1-15H/q+2. The van der Waals surface area contributed by atoms with Crippen LogP contribution in [-0.2, 0) is 0 Å². The second-order valence-corrected chi connectivity index (χ2v) is 6.73. The molecule has 4 heteroatoms. The number of furan rings is 1. The molecule has 0 radical (unpaired) electrons. The zero-order chi connectivity index (χ0) is 18.5. The van der Waals surface area contributed by atoms with Gasteiger partial charge in [-0.3, -0.25) is 0 Å². The van der Waals surface area contributed by atoms with E-state index in [0.717, 1.165) is 39.1 Å². The van der Waals surface area contributed by atoms with Gasteiger partial charge in [0.25, 0.3) is 11.4 Å². The molecule has 2 aromatic heterocycles. The average Bonchev–Trinajstić information content (AvgIpc) is 3.32. The number of hydrogen-bond donors (Lipinski definition) is 0. The van der Waals surface area contributed by atoms with Gasteiger partial charge >= 0.3 is 6.01 Å². The van der Waals surface area contributed by atoms with Crippen molar-refractivity contribution in [2.24, 2.45) is 0 Å². The maximum atomic E-state index is 5.97. The van der Waals surface area contributed by atoms with Gasteiger partial charge in [0.1, 0.15) is 5.58 Å². The Hall–Kier alpha value is -4.01. The summed E-state index contributed by atoms with van der Waals surface area (Å²) in [6, 6.07) is 32.3. The van der Waals surface area contributed by atoms with E-state index < -0.39 is 0 Å². The van der Waals surface area contributed by atoms with E-state index in [2.05, 4.69) is 62.6 Å². The molecule has 6 rings (SSSR count). The normalized spacial score (nSPS) is 12.9. The maximum Gasteiger partial charge on any atom is 0.503 e. The van der Waals surface area contributed by atoms with Gasteiger partial charge < -0.3 is 4.42 Å². The Morgan fingerprint density at radius 1 is 0.679 bits per heavy atom. The van der Waals surface area contributed by atoms with Gasteiger partial charge in [0.15, 0.2) is 0 Å². The second-order valence-electron chi connectivity index (χ2n) is 6.73. The minimum Gasteiger partial charge on any atom is -0.437 e. The zero-order valence-corrected chi connectivity index (χ0v) is 14.9. The number of pyridine rings is 1. The van der Waals surface area contributed by atoms with Gasteiger partial charge in [0, 0.05) is 47.3 Å². The summed E-state index contributed by atoms with van der Waals surface area (Å²) < 4.78 is 10.1. The topological polar surface area (TPSA) is 32.0 Å². The molecule has 1 aliphatic heterocycles. The third-order valence-corrected chi connectivity index (χ3v) is 5.07. The number of rotatable bonds is 2. The fraction of sp³-hybridized carbons (Fsp3) is 0. The highest BCUT2D eigenvalue weighted by molar-refractivity contribution is 6.04. The first-order chi connectivity index (χ1) is 13.9. The Morgan fingerprint density at radius 2 is 1.43 bits per heavy atom. The van der Waals surface area contributed by atoms with Crippen LogP contribution in [0, 0.1) is 0 Å². The number of benzene rings is 3. The van der Waals surface area contributed by atoms with Crippen molar-refractivity contribution < 1.29 is 4.42 Å². The second kappa shape index (κ2) is 5.74. The molecule has 5 aromatic rings. The summed E-state index contributed by atoms with van der Waals surface area (Å²) in [5, 5.41) is 2.10. The Balaban J connectivity index is 1.60. The molecular formula is C24H15N3O+2. The van der Waals surface area contributed by atoms with E-state index in [1.165, 1.54) is 0 Å². The lowest BCUT2D eigenvalue weighted by Crippen LogP contribution is -2.00.